The molecular formula is C29H34IN3O4S. The lowest BCUT2D eigenvalue weighted by atomic mass is 10.0. The number of hydrogen-bond acceptors (Lipinski definition) is 4. The maximum Gasteiger partial charge on any atom is 0.244 e. The summed E-state index contributed by atoms with van der Waals surface area (Å²) in [6.07, 6.45) is 1.36. The lowest BCUT2D eigenvalue weighted by Gasteiger charge is -2.35. The fourth-order valence-electron chi connectivity index (χ4n) is 4.01. The van der Waals surface area contributed by atoms with E-state index in [1.165, 1.54) is 4.90 Å². The van der Waals surface area contributed by atoms with Gasteiger partial charge >= 0.3 is 0 Å². The number of sulfonamides is 1. The summed E-state index contributed by atoms with van der Waals surface area (Å²) in [4.78, 5) is 29.1. The van der Waals surface area contributed by atoms with Crippen molar-refractivity contribution in [3.8, 4) is 0 Å². The summed E-state index contributed by atoms with van der Waals surface area (Å²) in [5.74, 6) is -0.770. The van der Waals surface area contributed by atoms with Crippen LogP contribution in [-0.4, -0.2) is 49.5 Å². The molecule has 3 aromatic carbocycles. The van der Waals surface area contributed by atoms with Crippen molar-refractivity contribution in [2.24, 2.45) is 0 Å². The third-order valence-electron chi connectivity index (χ3n) is 5.76. The summed E-state index contributed by atoms with van der Waals surface area (Å²) in [7, 11) is -3.78. The van der Waals surface area contributed by atoms with Crippen LogP contribution < -0.4 is 9.62 Å². The van der Waals surface area contributed by atoms with Gasteiger partial charge in [0.25, 0.3) is 0 Å². The zero-order chi connectivity index (χ0) is 27.9. The van der Waals surface area contributed by atoms with Crippen molar-refractivity contribution in [1.29, 1.82) is 0 Å². The monoisotopic (exact) mass is 647 g/mol. The second kappa shape index (κ2) is 12.8. The van der Waals surface area contributed by atoms with E-state index in [0.717, 1.165) is 25.3 Å². The second-order valence-electron chi connectivity index (χ2n) is 10.2. The topological polar surface area (TPSA) is 86.8 Å². The van der Waals surface area contributed by atoms with Gasteiger partial charge in [-0.15, -0.1) is 0 Å². The minimum absolute atomic E-state index is 0.152. The van der Waals surface area contributed by atoms with E-state index in [4.69, 9.17) is 0 Å². The summed E-state index contributed by atoms with van der Waals surface area (Å²) >= 11 is 2.14. The van der Waals surface area contributed by atoms with Crippen LogP contribution in [0.4, 0.5) is 5.69 Å². The van der Waals surface area contributed by atoms with Crippen LogP contribution in [0.5, 0.6) is 0 Å². The van der Waals surface area contributed by atoms with Crippen LogP contribution in [0, 0.1) is 3.57 Å². The number of rotatable bonds is 10. The Kier molecular flexibility index (Phi) is 9.94. The number of nitrogens with one attached hydrogen (secondary N) is 1. The van der Waals surface area contributed by atoms with Gasteiger partial charge in [-0.25, -0.2) is 8.42 Å². The molecule has 0 fully saturated rings. The van der Waals surface area contributed by atoms with Crippen molar-refractivity contribution in [3.63, 3.8) is 0 Å². The molecule has 7 nitrogen and oxygen atoms in total. The van der Waals surface area contributed by atoms with Gasteiger partial charge in [0, 0.05) is 22.1 Å². The Bertz CT molecular complexity index is 1330. The molecule has 1 N–H and O–H groups in total. The maximum absolute atomic E-state index is 14.0. The molecule has 9 heteroatoms. The molecule has 3 aromatic rings. The zero-order valence-electron chi connectivity index (χ0n) is 22.1. The second-order valence-corrected chi connectivity index (χ2v) is 13.4. The van der Waals surface area contributed by atoms with E-state index in [1.54, 1.807) is 24.3 Å². The third kappa shape index (κ3) is 8.83. The highest BCUT2D eigenvalue weighted by atomic mass is 127. The normalized spacial score (nSPS) is 12.4. The first-order valence-electron chi connectivity index (χ1n) is 12.3. The highest BCUT2D eigenvalue weighted by Gasteiger charge is 2.34. The Balaban J connectivity index is 2.04. The summed E-state index contributed by atoms with van der Waals surface area (Å²) in [5, 5.41) is 3.02. The van der Waals surface area contributed by atoms with Gasteiger partial charge in [-0.2, -0.15) is 0 Å². The molecule has 0 radical (unpaired) electrons. The molecule has 0 aliphatic heterocycles. The Morgan fingerprint density at radius 2 is 1.39 bits per heavy atom. The highest BCUT2D eigenvalue weighted by molar-refractivity contribution is 14.1. The van der Waals surface area contributed by atoms with Crippen molar-refractivity contribution >= 4 is 50.1 Å². The van der Waals surface area contributed by atoms with E-state index in [-0.39, 0.29) is 18.9 Å². The minimum Gasteiger partial charge on any atom is -0.350 e. The number of nitrogens with zero attached hydrogens (tertiary/aromatic N) is 2. The first kappa shape index (κ1) is 29.6. The van der Waals surface area contributed by atoms with Gasteiger partial charge in [-0.1, -0.05) is 60.7 Å². The van der Waals surface area contributed by atoms with Gasteiger partial charge in [0.05, 0.1) is 11.9 Å². The molecule has 0 saturated carbocycles. The molecule has 1 unspecified atom stereocenters. The first-order valence-corrected chi connectivity index (χ1v) is 15.2. The number of carbonyl (C=O) groups excluding carboxylic acids is 2. The summed E-state index contributed by atoms with van der Waals surface area (Å²) in [5.41, 5.74) is 1.60. The van der Waals surface area contributed by atoms with Gasteiger partial charge in [-0.3, -0.25) is 13.9 Å². The largest absolute Gasteiger partial charge is 0.350 e. The predicted molar refractivity (Wildman–Crippen MR) is 160 cm³/mol. The van der Waals surface area contributed by atoms with Crippen molar-refractivity contribution in [1.82, 2.24) is 10.2 Å². The molecule has 1 atom stereocenters. The fraction of sp³-hybridized carbons (Fsp3) is 0.310. The quantitative estimate of drug-likeness (QED) is 0.326. The van der Waals surface area contributed by atoms with Crippen LogP contribution in [-0.2, 0) is 32.6 Å². The smallest absolute Gasteiger partial charge is 0.244 e. The summed E-state index contributed by atoms with van der Waals surface area (Å²) in [6.45, 7) is 5.38. The molecule has 0 spiro atoms. The van der Waals surface area contributed by atoms with Crippen LogP contribution >= 0.6 is 22.6 Å². The minimum atomic E-state index is -3.78. The Morgan fingerprint density at radius 3 is 1.89 bits per heavy atom. The zero-order valence-corrected chi connectivity index (χ0v) is 25.1. The maximum atomic E-state index is 14.0. The molecule has 0 heterocycles. The van der Waals surface area contributed by atoms with Crippen molar-refractivity contribution < 1.29 is 18.0 Å². The lowest BCUT2D eigenvalue weighted by molar-refractivity contribution is -0.140. The van der Waals surface area contributed by atoms with Crippen LogP contribution in [0.1, 0.15) is 31.9 Å². The third-order valence-corrected chi connectivity index (χ3v) is 7.62. The number of carbonyl (C=O) groups is 2. The van der Waals surface area contributed by atoms with Crippen molar-refractivity contribution in [2.45, 2.75) is 45.3 Å². The predicted octanol–water partition coefficient (Wildman–Crippen LogP) is 4.61. The van der Waals surface area contributed by atoms with Crippen LogP contribution in [0.2, 0.25) is 0 Å². The first-order chi connectivity index (χ1) is 17.8. The van der Waals surface area contributed by atoms with Crippen LogP contribution in [0.3, 0.4) is 0 Å². The number of amides is 2. The van der Waals surface area contributed by atoms with Gasteiger partial charge in [0.2, 0.25) is 21.8 Å². The van der Waals surface area contributed by atoms with Gasteiger partial charge in [0.15, 0.2) is 0 Å². The number of benzene rings is 3. The van der Waals surface area contributed by atoms with Gasteiger partial charge in [0.1, 0.15) is 12.6 Å². The standard InChI is InChI=1S/C29H34IN3O4S/c1-29(2,3)31-28(35)26(19-22-11-7-5-8-12-22)32(20-23-13-9-6-10-14-23)27(34)21-33(38(4,36)37)25-17-15-24(30)16-18-25/h5-18,26H,19-21H2,1-4H3,(H,31,35). The van der Waals surface area contributed by atoms with Gasteiger partial charge < -0.3 is 10.2 Å². The number of hydrogen-bond donors (Lipinski definition) is 1. The SMILES string of the molecule is CC(C)(C)NC(=O)C(Cc1ccccc1)N(Cc1ccccc1)C(=O)CN(c1ccc(I)cc1)S(C)(=O)=O. The Hall–Kier alpha value is -2.92. The molecule has 2 amide bonds. The Labute approximate surface area is 239 Å². The molecule has 0 bridgehead atoms. The highest BCUT2D eigenvalue weighted by Crippen LogP contribution is 2.21. The van der Waals surface area contributed by atoms with E-state index in [9.17, 15) is 18.0 Å². The molecule has 38 heavy (non-hydrogen) atoms. The number of halogens is 1. The Morgan fingerprint density at radius 1 is 0.868 bits per heavy atom. The molecular weight excluding hydrogens is 613 g/mol. The van der Waals surface area contributed by atoms with Crippen molar-refractivity contribution in [3.05, 3.63) is 99.6 Å². The summed E-state index contributed by atoms with van der Waals surface area (Å²) in [6, 6.07) is 24.9. The van der Waals surface area contributed by atoms with Crippen LogP contribution in [0.15, 0.2) is 84.9 Å². The molecule has 3 rings (SSSR count). The van der Waals surface area contributed by atoms with Crippen molar-refractivity contribution in [2.75, 3.05) is 17.1 Å². The lowest BCUT2D eigenvalue weighted by Crippen LogP contribution is -2.56. The summed E-state index contributed by atoms with van der Waals surface area (Å²) < 4.78 is 27.6. The van der Waals surface area contributed by atoms with E-state index in [0.29, 0.717) is 5.69 Å². The van der Waals surface area contributed by atoms with E-state index in [2.05, 4.69) is 27.9 Å². The van der Waals surface area contributed by atoms with Crippen LogP contribution in [0.25, 0.3) is 0 Å². The average Bonchev–Trinajstić information content (AvgIpc) is 2.84. The number of anilines is 1. The van der Waals surface area contributed by atoms with E-state index in [1.807, 2.05) is 81.4 Å². The molecule has 0 aliphatic rings. The average molecular weight is 648 g/mol. The molecule has 0 aromatic heterocycles. The molecule has 0 aliphatic carbocycles. The fourth-order valence-corrected chi connectivity index (χ4v) is 5.22. The molecule has 0 saturated heterocycles. The van der Waals surface area contributed by atoms with E-state index < -0.39 is 34.1 Å². The van der Waals surface area contributed by atoms with Gasteiger partial charge in [-0.05, 0) is 78.8 Å². The molecule has 202 valence electrons. The van der Waals surface area contributed by atoms with E-state index >= 15 is 0 Å².